The maximum absolute atomic E-state index is 13.2. The summed E-state index contributed by atoms with van der Waals surface area (Å²) in [5.74, 6) is 1.75. The Hall–Kier alpha value is -4.52. The number of fused-ring (bicyclic) bond motifs is 4. The van der Waals surface area contributed by atoms with Gasteiger partial charge in [-0.3, -0.25) is 14.4 Å². The van der Waals surface area contributed by atoms with Gasteiger partial charge in [-0.25, -0.2) is 4.98 Å². The van der Waals surface area contributed by atoms with Crippen molar-refractivity contribution in [1.82, 2.24) is 30.0 Å². The predicted molar refractivity (Wildman–Crippen MR) is 160 cm³/mol. The molecule has 0 bridgehead atoms. The van der Waals surface area contributed by atoms with Crippen molar-refractivity contribution in [3.8, 4) is 11.4 Å². The molecule has 11 nitrogen and oxygen atoms in total. The van der Waals surface area contributed by atoms with E-state index in [-0.39, 0.29) is 18.1 Å². The fraction of sp³-hybridized carbons (Fsp3) is 0.207. The van der Waals surface area contributed by atoms with E-state index < -0.39 is 13.2 Å². The minimum absolute atomic E-state index is 0.0671. The summed E-state index contributed by atoms with van der Waals surface area (Å²) in [4.78, 5) is 25.4. The maximum Gasteiger partial charge on any atom is 0.526 e. The quantitative estimate of drug-likeness (QED) is 0.205. The molecule has 212 valence electrons. The number of halogens is 1. The van der Waals surface area contributed by atoms with Crippen LogP contribution in [-0.2, 0) is 11.2 Å². The molecule has 1 atom stereocenters. The van der Waals surface area contributed by atoms with E-state index in [0.717, 1.165) is 22.4 Å². The molecule has 5 aromatic rings. The molecular formula is C29H27BClN7O4. The fourth-order valence-electron chi connectivity index (χ4n) is 5.13. The van der Waals surface area contributed by atoms with Gasteiger partial charge in [-0.2, -0.15) is 0 Å². The smallest absolute Gasteiger partial charge is 0.497 e. The second-order valence-electron chi connectivity index (χ2n) is 9.98. The first-order chi connectivity index (χ1) is 20.3. The highest BCUT2D eigenvalue weighted by Crippen LogP contribution is 2.34. The number of amides is 1. The summed E-state index contributed by atoms with van der Waals surface area (Å²) >= 11 is 6.18. The molecule has 1 amide bonds. The van der Waals surface area contributed by atoms with Gasteiger partial charge in [-0.15, -0.1) is 10.2 Å². The van der Waals surface area contributed by atoms with Crippen LogP contribution in [-0.4, -0.2) is 67.2 Å². The van der Waals surface area contributed by atoms with Gasteiger partial charge in [0.05, 0.1) is 36.0 Å². The zero-order chi connectivity index (χ0) is 29.4. The number of aromatic amines is 1. The van der Waals surface area contributed by atoms with Gasteiger partial charge >= 0.3 is 7.12 Å². The van der Waals surface area contributed by atoms with Crippen LogP contribution in [0.4, 0.5) is 0 Å². The maximum atomic E-state index is 13.2. The number of carbonyl (C=O) groups is 1. The molecule has 0 saturated heterocycles. The van der Waals surface area contributed by atoms with E-state index in [1.54, 1.807) is 13.2 Å². The molecule has 13 heteroatoms. The minimum atomic E-state index is -1.67. The lowest BCUT2D eigenvalue weighted by molar-refractivity contribution is -0.121. The van der Waals surface area contributed by atoms with Gasteiger partial charge < -0.3 is 25.1 Å². The zero-order valence-corrected chi connectivity index (χ0v) is 23.6. The van der Waals surface area contributed by atoms with Gasteiger partial charge in [0.1, 0.15) is 23.3 Å². The summed E-state index contributed by atoms with van der Waals surface area (Å²) in [5.41, 5.74) is 5.58. The first kappa shape index (κ1) is 27.6. The Morgan fingerprint density at radius 1 is 1.12 bits per heavy atom. The number of aryl methyl sites for hydroxylation is 1. The average molecular weight is 584 g/mol. The third kappa shape index (κ3) is 5.39. The van der Waals surface area contributed by atoms with Gasteiger partial charge in [0, 0.05) is 22.7 Å². The van der Waals surface area contributed by atoms with E-state index in [4.69, 9.17) is 21.3 Å². The third-order valence-corrected chi connectivity index (χ3v) is 7.43. The Balaban J connectivity index is 1.26. The van der Waals surface area contributed by atoms with E-state index >= 15 is 0 Å². The average Bonchev–Trinajstić information content (AvgIpc) is 3.55. The first-order valence-corrected chi connectivity index (χ1v) is 13.7. The number of imidazole rings is 1. The summed E-state index contributed by atoms with van der Waals surface area (Å²) < 4.78 is 7.46. The zero-order valence-electron chi connectivity index (χ0n) is 22.9. The van der Waals surface area contributed by atoms with Crippen LogP contribution >= 0.6 is 11.6 Å². The number of rotatable bonds is 8. The van der Waals surface area contributed by atoms with Crippen molar-refractivity contribution in [2.75, 3.05) is 13.7 Å². The topological polar surface area (TPSA) is 151 Å². The molecule has 0 spiro atoms. The van der Waals surface area contributed by atoms with Crippen LogP contribution in [0, 0.1) is 6.92 Å². The Labute approximate surface area is 246 Å². The molecule has 3 heterocycles. The normalized spacial score (nSPS) is 14.1. The number of nitrogens with one attached hydrogen (secondary N) is 2. The molecule has 0 saturated carbocycles. The summed E-state index contributed by atoms with van der Waals surface area (Å²) in [7, 11) is -0.0550. The molecule has 6 rings (SSSR count). The number of aromatic nitrogens is 5. The molecule has 3 aromatic carbocycles. The number of benzene rings is 3. The minimum Gasteiger partial charge on any atom is -0.497 e. The number of aliphatic imine (C=N–C) groups is 1. The van der Waals surface area contributed by atoms with Gasteiger partial charge in [-0.1, -0.05) is 29.8 Å². The standard InChI is InChI=1S/C29H27BClN7O4/c1-16-36-37-28-24(15-26(39)32-12-11-17-3-9-22-23(13-17)35-29(34-22)30(40)41)33-27(18-4-6-19(31)7-5-18)21-14-20(42-2)8-10-25(21)38(16)28/h3-10,13-14,24,40-41H,11-12,15H2,1-2H3,(H,32,39)(H,34,35). The molecule has 1 aliphatic rings. The molecule has 42 heavy (non-hydrogen) atoms. The second kappa shape index (κ2) is 11.4. The lowest BCUT2D eigenvalue weighted by Gasteiger charge is -2.14. The van der Waals surface area contributed by atoms with Crippen molar-refractivity contribution in [2.24, 2.45) is 4.99 Å². The van der Waals surface area contributed by atoms with Gasteiger partial charge in [0.15, 0.2) is 5.82 Å². The summed E-state index contributed by atoms with van der Waals surface area (Å²) in [5, 5.41) is 31.1. The lowest BCUT2D eigenvalue weighted by Crippen LogP contribution is -2.33. The van der Waals surface area contributed by atoms with Gasteiger partial charge in [-0.05, 0) is 61.4 Å². The van der Waals surface area contributed by atoms with E-state index in [1.165, 1.54) is 0 Å². The highest BCUT2D eigenvalue weighted by Gasteiger charge is 2.30. The Morgan fingerprint density at radius 3 is 2.69 bits per heavy atom. The number of H-pyrrole nitrogens is 1. The van der Waals surface area contributed by atoms with Crippen LogP contribution in [0.5, 0.6) is 5.75 Å². The van der Waals surface area contributed by atoms with E-state index in [0.29, 0.717) is 52.1 Å². The predicted octanol–water partition coefficient (Wildman–Crippen LogP) is 2.43. The van der Waals surface area contributed by atoms with Crippen LogP contribution in [0.25, 0.3) is 16.7 Å². The van der Waals surface area contributed by atoms with Gasteiger partial charge in [0.2, 0.25) is 5.91 Å². The van der Waals surface area contributed by atoms with Crippen molar-refractivity contribution >= 4 is 47.1 Å². The molecule has 0 fully saturated rings. The SMILES string of the molecule is COc1ccc2c(c1)C(c1ccc(Cl)cc1)=NC(CC(=O)NCCc1ccc3nc(B(O)O)[nH]c3c1)c1nnc(C)n1-2. The number of ether oxygens (including phenoxy) is 1. The number of hydrogen-bond acceptors (Lipinski definition) is 8. The molecule has 1 unspecified atom stereocenters. The number of hydrogen-bond donors (Lipinski definition) is 4. The van der Waals surface area contributed by atoms with E-state index in [1.807, 2.05) is 66.1 Å². The first-order valence-electron chi connectivity index (χ1n) is 13.4. The largest absolute Gasteiger partial charge is 0.526 e. The second-order valence-corrected chi connectivity index (χ2v) is 10.4. The number of nitrogens with zero attached hydrogens (tertiary/aromatic N) is 5. The van der Waals surface area contributed by atoms with E-state index in [2.05, 4.69) is 25.5 Å². The number of carbonyl (C=O) groups excluding carboxylic acids is 1. The highest BCUT2D eigenvalue weighted by molar-refractivity contribution is 6.56. The van der Waals surface area contributed by atoms with Crippen molar-refractivity contribution in [1.29, 1.82) is 0 Å². The lowest BCUT2D eigenvalue weighted by atomic mass is 9.91. The molecule has 0 aliphatic carbocycles. The fourth-order valence-corrected chi connectivity index (χ4v) is 5.25. The Bertz CT molecular complexity index is 1820. The number of methoxy groups -OCH3 is 1. The van der Waals surface area contributed by atoms with Crippen LogP contribution in [0.15, 0.2) is 65.7 Å². The summed E-state index contributed by atoms with van der Waals surface area (Å²) in [6.07, 6.45) is 0.639. The van der Waals surface area contributed by atoms with Crippen LogP contribution in [0.2, 0.25) is 5.02 Å². The van der Waals surface area contributed by atoms with Crippen molar-refractivity contribution in [3.63, 3.8) is 0 Å². The third-order valence-electron chi connectivity index (χ3n) is 7.17. The summed E-state index contributed by atoms with van der Waals surface area (Å²) in [6.45, 7) is 2.27. The highest BCUT2D eigenvalue weighted by atomic mass is 35.5. The summed E-state index contributed by atoms with van der Waals surface area (Å²) in [6, 6.07) is 18.2. The monoisotopic (exact) mass is 583 g/mol. The molecule has 2 aromatic heterocycles. The Morgan fingerprint density at radius 2 is 1.93 bits per heavy atom. The molecule has 1 aliphatic heterocycles. The van der Waals surface area contributed by atoms with E-state index in [9.17, 15) is 14.8 Å². The Kier molecular flexibility index (Phi) is 7.50. The van der Waals surface area contributed by atoms with Crippen molar-refractivity contribution in [3.05, 3.63) is 94.0 Å². The molecular weight excluding hydrogens is 557 g/mol. The molecule has 4 N–H and O–H groups in total. The van der Waals surface area contributed by atoms with Crippen molar-refractivity contribution in [2.45, 2.75) is 25.8 Å². The van der Waals surface area contributed by atoms with Gasteiger partial charge in [0.25, 0.3) is 0 Å². The van der Waals surface area contributed by atoms with Crippen LogP contribution < -0.4 is 15.8 Å². The molecule has 0 radical (unpaired) electrons. The van der Waals surface area contributed by atoms with Crippen molar-refractivity contribution < 1.29 is 19.6 Å². The van der Waals surface area contributed by atoms with Crippen LogP contribution in [0.1, 0.15) is 40.8 Å². The van der Waals surface area contributed by atoms with Crippen LogP contribution in [0.3, 0.4) is 0 Å².